The van der Waals surface area contributed by atoms with E-state index in [1.54, 1.807) is 0 Å². The molecule has 2 aromatic heterocycles. The molecule has 1 aromatic carbocycles. The van der Waals surface area contributed by atoms with Gasteiger partial charge in [0.15, 0.2) is 0 Å². The topological polar surface area (TPSA) is 74.8 Å². The lowest BCUT2D eigenvalue weighted by Gasteiger charge is -2.08. The summed E-state index contributed by atoms with van der Waals surface area (Å²) in [6, 6.07) is 5.70. The number of aromatic nitrogens is 2. The van der Waals surface area contributed by atoms with Gasteiger partial charge in [0.25, 0.3) is 11.5 Å². The van der Waals surface area contributed by atoms with Gasteiger partial charge >= 0.3 is 0 Å². The molecule has 122 valence electrons. The molecule has 2 heterocycles. The van der Waals surface area contributed by atoms with E-state index in [0.29, 0.717) is 10.6 Å². The first-order valence-corrected chi connectivity index (χ1v) is 8.78. The second-order valence-electron chi connectivity index (χ2n) is 6.13. The van der Waals surface area contributed by atoms with Crippen molar-refractivity contribution in [3.63, 3.8) is 0 Å². The molecule has 5 nitrogen and oxygen atoms in total. The van der Waals surface area contributed by atoms with Crippen molar-refractivity contribution < 1.29 is 4.79 Å². The molecule has 4 rings (SSSR count). The highest BCUT2D eigenvalue weighted by molar-refractivity contribution is 7.13. The Kier molecular flexibility index (Phi) is 3.49. The van der Waals surface area contributed by atoms with Gasteiger partial charge in [-0.25, -0.2) is 4.98 Å². The van der Waals surface area contributed by atoms with Crippen molar-refractivity contribution in [1.29, 1.82) is 0 Å². The Balaban J connectivity index is 1.71. The van der Waals surface area contributed by atoms with Gasteiger partial charge in [0.1, 0.15) is 4.88 Å². The summed E-state index contributed by atoms with van der Waals surface area (Å²) in [4.78, 5) is 32.5. The third-order valence-corrected chi connectivity index (χ3v) is 5.52. The summed E-state index contributed by atoms with van der Waals surface area (Å²) in [6.07, 6.45) is 2.82. The van der Waals surface area contributed by atoms with Gasteiger partial charge in [-0.2, -0.15) is 0 Å². The minimum Gasteiger partial charge on any atom is -0.322 e. The molecule has 1 amide bonds. The second-order valence-corrected chi connectivity index (χ2v) is 7.33. The number of aromatic amines is 1. The van der Waals surface area contributed by atoms with Crippen LogP contribution in [0.25, 0.3) is 10.9 Å². The van der Waals surface area contributed by atoms with Crippen LogP contribution in [0, 0.1) is 13.8 Å². The van der Waals surface area contributed by atoms with Gasteiger partial charge in [0.05, 0.1) is 16.2 Å². The van der Waals surface area contributed by atoms with E-state index in [9.17, 15) is 9.59 Å². The Labute approximate surface area is 142 Å². The number of amides is 1. The zero-order chi connectivity index (χ0) is 16.8. The molecule has 1 aliphatic carbocycles. The molecule has 0 atom stereocenters. The van der Waals surface area contributed by atoms with Crippen molar-refractivity contribution in [2.75, 3.05) is 5.32 Å². The molecule has 2 N–H and O–H groups in total. The van der Waals surface area contributed by atoms with Crippen LogP contribution in [0.4, 0.5) is 5.69 Å². The van der Waals surface area contributed by atoms with Crippen molar-refractivity contribution in [1.82, 2.24) is 9.97 Å². The fraction of sp³-hybridized carbons (Fsp3) is 0.278. The van der Waals surface area contributed by atoms with Gasteiger partial charge in [-0.05, 0) is 50.8 Å². The van der Waals surface area contributed by atoms with Gasteiger partial charge in [0, 0.05) is 16.6 Å². The lowest BCUT2D eigenvalue weighted by molar-refractivity contribution is 0.103. The van der Waals surface area contributed by atoms with Crippen LogP contribution in [0.1, 0.15) is 37.9 Å². The molecule has 24 heavy (non-hydrogen) atoms. The zero-order valence-corrected chi connectivity index (χ0v) is 14.3. The summed E-state index contributed by atoms with van der Waals surface area (Å²) in [5.74, 6) is -0.166. The molecular formula is C18H17N3O2S. The van der Waals surface area contributed by atoms with E-state index in [4.69, 9.17) is 0 Å². The molecule has 0 spiro atoms. The van der Waals surface area contributed by atoms with Gasteiger partial charge in [-0.3, -0.25) is 9.59 Å². The number of H-pyrrole nitrogens is 1. The Bertz CT molecular complexity index is 1030. The minimum atomic E-state index is -0.166. The molecule has 6 heteroatoms. The SMILES string of the molecule is Cc1nc(C)c(C(=O)Nc2ccc3c4c(c(=O)[nH]c3c2)CCC4)s1. The monoisotopic (exact) mass is 339 g/mol. The summed E-state index contributed by atoms with van der Waals surface area (Å²) in [5, 5.41) is 4.85. The van der Waals surface area contributed by atoms with Crippen LogP contribution in [0.2, 0.25) is 0 Å². The number of fused-ring (bicyclic) bond motifs is 3. The molecule has 3 aromatic rings. The number of thiazole rings is 1. The molecule has 0 saturated carbocycles. The standard InChI is InChI=1S/C18H17N3O2S/c1-9-16(24-10(2)19-9)18(23)20-11-6-7-13-12-4-3-5-14(12)17(22)21-15(13)8-11/h6-8H,3-5H2,1-2H3,(H,20,23)(H,21,22). The average Bonchev–Trinajstić information content (AvgIpc) is 3.14. The lowest BCUT2D eigenvalue weighted by atomic mass is 10.1. The van der Waals surface area contributed by atoms with Gasteiger partial charge in [-0.1, -0.05) is 6.07 Å². The normalized spacial score (nSPS) is 13.2. The Hall–Kier alpha value is -2.47. The summed E-state index contributed by atoms with van der Waals surface area (Å²) >= 11 is 1.38. The van der Waals surface area contributed by atoms with E-state index in [1.165, 1.54) is 11.3 Å². The van der Waals surface area contributed by atoms with Crippen molar-refractivity contribution in [2.45, 2.75) is 33.1 Å². The summed E-state index contributed by atoms with van der Waals surface area (Å²) in [7, 11) is 0. The number of nitrogens with one attached hydrogen (secondary N) is 2. The number of hydrogen-bond acceptors (Lipinski definition) is 4. The van der Waals surface area contributed by atoms with Crippen molar-refractivity contribution in [2.24, 2.45) is 0 Å². The highest BCUT2D eigenvalue weighted by Crippen LogP contribution is 2.28. The largest absolute Gasteiger partial charge is 0.322 e. The lowest BCUT2D eigenvalue weighted by Crippen LogP contribution is -2.14. The number of anilines is 1. The number of carbonyl (C=O) groups excluding carboxylic acids is 1. The molecule has 0 radical (unpaired) electrons. The van der Waals surface area contributed by atoms with E-state index >= 15 is 0 Å². The Morgan fingerprint density at radius 2 is 2.04 bits per heavy atom. The number of aryl methyl sites for hydroxylation is 3. The average molecular weight is 339 g/mol. The third-order valence-electron chi connectivity index (χ3n) is 4.45. The van der Waals surface area contributed by atoms with E-state index < -0.39 is 0 Å². The first-order chi connectivity index (χ1) is 11.5. The van der Waals surface area contributed by atoms with E-state index in [1.807, 2.05) is 32.0 Å². The predicted molar refractivity (Wildman–Crippen MR) is 96.1 cm³/mol. The smallest absolute Gasteiger partial charge is 0.267 e. The zero-order valence-electron chi connectivity index (χ0n) is 13.5. The van der Waals surface area contributed by atoms with Crippen LogP contribution in [0.15, 0.2) is 23.0 Å². The fourth-order valence-electron chi connectivity index (χ4n) is 3.41. The predicted octanol–water partition coefficient (Wildman–Crippen LogP) is 3.34. The van der Waals surface area contributed by atoms with Crippen molar-refractivity contribution >= 4 is 33.8 Å². The fourth-order valence-corrected chi connectivity index (χ4v) is 4.22. The number of pyridine rings is 1. The van der Waals surface area contributed by atoms with E-state index in [2.05, 4.69) is 15.3 Å². The number of hydrogen-bond donors (Lipinski definition) is 2. The highest BCUT2D eigenvalue weighted by Gasteiger charge is 2.19. The molecule has 1 aliphatic rings. The van der Waals surface area contributed by atoms with Gasteiger partial charge in [0.2, 0.25) is 0 Å². The number of rotatable bonds is 2. The van der Waals surface area contributed by atoms with E-state index in [-0.39, 0.29) is 11.5 Å². The summed E-state index contributed by atoms with van der Waals surface area (Å²) in [5.41, 5.74) is 4.24. The van der Waals surface area contributed by atoms with Crippen LogP contribution >= 0.6 is 11.3 Å². The molecule has 0 saturated heterocycles. The maximum absolute atomic E-state index is 12.4. The van der Waals surface area contributed by atoms with Crippen LogP contribution in [0.3, 0.4) is 0 Å². The molecule has 0 aliphatic heterocycles. The van der Waals surface area contributed by atoms with Crippen LogP contribution in [-0.4, -0.2) is 15.9 Å². The minimum absolute atomic E-state index is 0.00703. The summed E-state index contributed by atoms with van der Waals surface area (Å²) < 4.78 is 0. The van der Waals surface area contributed by atoms with Gasteiger partial charge < -0.3 is 10.3 Å². The molecule has 0 bridgehead atoms. The maximum atomic E-state index is 12.4. The number of benzene rings is 1. The van der Waals surface area contributed by atoms with E-state index in [0.717, 1.165) is 52.0 Å². The number of carbonyl (C=O) groups is 1. The number of nitrogens with zero attached hydrogens (tertiary/aromatic N) is 1. The molecule has 0 fully saturated rings. The Morgan fingerprint density at radius 3 is 2.79 bits per heavy atom. The highest BCUT2D eigenvalue weighted by atomic mass is 32.1. The van der Waals surface area contributed by atoms with Crippen molar-refractivity contribution in [3.8, 4) is 0 Å². The van der Waals surface area contributed by atoms with Crippen molar-refractivity contribution in [3.05, 3.63) is 55.3 Å². The molecule has 0 unspecified atom stereocenters. The summed E-state index contributed by atoms with van der Waals surface area (Å²) in [6.45, 7) is 3.72. The molecular weight excluding hydrogens is 322 g/mol. The quantitative estimate of drug-likeness (QED) is 0.752. The first kappa shape index (κ1) is 15.1. The van der Waals surface area contributed by atoms with Crippen LogP contribution < -0.4 is 10.9 Å². The third kappa shape index (κ3) is 2.43. The maximum Gasteiger partial charge on any atom is 0.267 e. The van der Waals surface area contributed by atoms with Crippen LogP contribution in [0.5, 0.6) is 0 Å². The second kappa shape index (κ2) is 5.56. The first-order valence-electron chi connectivity index (χ1n) is 7.96. The van der Waals surface area contributed by atoms with Crippen LogP contribution in [-0.2, 0) is 12.8 Å². The Morgan fingerprint density at radius 1 is 1.25 bits per heavy atom. The van der Waals surface area contributed by atoms with Gasteiger partial charge in [-0.15, -0.1) is 11.3 Å².